The zero-order chi connectivity index (χ0) is 11.7. The molecule has 0 bridgehead atoms. The van der Waals surface area contributed by atoms with E-state index in [9.17, 15) is 9.18 Å². The van der Waals surface area contributed by atoms with Gasteiger partial charge in [-0.05, 0) is 31.9 Å². The van der Waals surface area contributed by atoms with Crippen LogP contribution < -0.4 is 10.5 Å². The highest BCUT2D eigenvalue weighted by molar-refractivity contribution is 5.76. The number of hydrogen-bond donors (Lipinski definition) is 1. The molecule has 2 rings (SSSR count). The Hall–Kier alpha value is -1.58. The van der Waals surface area contributed by atoms with Crippen molar-refractivity contribution in [1.29, 1.82) is 0 Å². The van der Waals surface area contributed by atoms with E-state index in [2.05, 4.69) is 0 Å². The number of carbonyl (C=O) groups excluding carboxylic acids is 1. The molecule has 0 amide bonds. The van der Waals surface area contributed by atoms with E-state index in [0.717, 1.165) is 19.3 Å². The van der Waals surface area contributed by atoms with Crippen LogP contribution in [0.3, 0.4) is 0 Å². The van der Waals surface area contributed by atoms with Crippen LogP contribution in [0, 0.1) is 18.7 Å². The highest BCUT2D eigenvalue weighted by Gasteiger charge is 2.28. The average Bonchev–Trinajstić information content (AvgIpc) is 2.16. The van der Waals surface area contributed by atoms with E-state index in [1.54, 1.807) is 13.0 Å². The van der Waals surface area contributed by atoms with E-state index >= 15 is 0 Å². The van der Waals surface area contributed by atoms with E-state index in [1.165, 1.54) is 6.07 Å². The van der Waals surface area contributed by atoms with Crippen LogP contribution in [0.4, 0.5) is 10.1 Å². The number of hydrogen-bond acceptors (Lipinski definition) is 3. The molecule has 0 unspecified atom stereocenters. The number of anilines is 1. The molecule has 1 fully saturated rings. The Kier molecular flexibility index (Phi) is 2.81. The molecule has 0 aromatic heterocycles. The molecule has 3 nitrogen and oxygen atoms in total. The number of nitrogens with two attached hydrogens (primary N) is 1. The summed E-state index contributed by atoms with van der Waals surface area (Å²) in [5, 5.41) is 0. The fourth-order valence-corrected chi connectivity index (χ4v) is 1.59. The SMILES string of the molecule is Cc1c(N)ccc(OC(=O)C2CCC2)c1F. The molecular formula is C12H14FNO2. The van der Waals surface area contributed by atoms with Crippen LogP contribution in [0.2, 0.25) is 0 Å². The van der Waals surface area contributed by atoms with Crippen molar-refractivity contribution in [2.45, 2.75) is 26.2 Å². The monoisotopic (exact) mass is 223 g/mol. The minimum absolute atomic E-state index is 0.0244. The second-order valence-electron chi connectivity index (χ2n) is 4.14. The van der Waals surface area contributed by atoms with Crippen molar-refractivity contribution in [2.24, 2.45) is 5.92 Å². The van der Waals surface area contributed by atoms with Gasteiger partial charge in [0.1, 0.15) is 0 Å². The lowest BCUT2D eigenvalue weighted by atomic mass is 9.86. The molecule has 86 valence electrons. The summed E-state index contributed by atoms with van der Waals surface area (Å²) in [5.41, 5.74) is 6.22. The van der Waals surface area contributed by atoms with Gasteiger partial charge in [0.05, 0.1) is 5.92 Å². The molecule has 0 atom stereocenters. The van der Waals surface area contributed by atoms with Crippen molar-refractivity contribution in [3.05, 3.63) is 23.5 Å². The second-order valence-corrected chi connectivity index (χ2v) is 4.14. The Bertz CT molecular complexity index is 427. The molecule has 2 N–H and O–H groups in total. The van der Waals surface area contributed by atoms with Crippen molar-refractivity contribution in [3.63, 3.8) is 0 Å². The van der Waals surface area contributed by atoms with Gasteiger partial charge in [-0.2, -0.15) is 0 Å². The van der Waals surface area contributed by atoms with E-state index in [1.807, 2.05) is 0 Å². The minimum Gasteiger partial charge on any atom is -0.423 e. The summed E-state index contributed by atoms with van der Waals surface area (Å²) >= 11 is 0. The minimum atomic E-state index is -0.548. The van der Waals surface area contributed by atoms with Crippen LogP contribution in [-0.2, 0) is 4.79 Å². The maximum Gasteiger partial charge on any atom is 0.314 e. The van der Waals surface area contributed by atoms with Gasteiger partial charge in [-0.3, -0.25) is 4.79 Å². The summed E-state index contributed by atoms with van der Waals surface area (Å²) in [4.78, 5) is 11.5. The molecule has 0 spiro atoms. The van der Waals surface area contributed by atoms with E-state index in [-0.39, 0.29) is 17.6 Å². The highest BCUT2D eigenvalue weighted by atomic mass is 19.1. The highest BCUT2D eigenvalue weighted by Crippen LogP contribution is 2.30. The third-order valence-electron chi connectivity index (χ3n) is 3.04. The number of esters is 1. The number of rotatable bonds is 2. The zero-order valence-corrected chi connectivity index (χ0v) is 9.13. The van der Waals surface area contributed by atoms with Gasteiger partial charge in [0.15, 0.2) is 11.6 Å². The molecule has 4 heteroatoms. The Labute approximate surface area is 93.4 Å². The summed E-state index contributed by atoms with van der Waals surface area (Å²) in [6.45, 7) is 1.56. The normalized spacial score (nSPS) is 15.6. The Balaban J connectivity index is 2.15. The van der Waals surface area contributed by atoms with Gasteiger partial charge in [0, 0.05) is 11.3 Å². The number of benzene rings is 1. The van der Waals surface area contributed by atoms with Crippen molar-refractivity contribution >= 4 is 11.7 Å². The lowest BCUT2D eigenvalue weighted by Gasteiger charge is -2.23. The van der Waals surface area contributed by atoms with Gasteiger partial charge in [-0.15, -0.1) is 0 Å². The third kappa shape index (κ3) is 1.87. The molecular weight excluding hydrogens is 209 g/mol. The molecule has 1 aliphatic carbocycles. The molecule has 16 heavy (non-hydrogen) atoms. The van der Waals surface area contributed by atoms with Gasteiger partial charge < -0.3 is 10.5 Å². The van der Waals surface area contributed by atoms with Crippen LogP contribution in [0.5, 0.6) is 5.75 Å². The predicted molar refractivity (Wildman–Crippen MR) is 58.5 cm³/mol. The fourth-order valence-electron chi connectivity index (χ4n) is 1.59. The average molecular weight is 223 g/mol. The first-order chi connectivity index (χ1) is 7.59. The lowest BCUT2D eigenvalue weighted by molar-refractivity contribution is -0.141. The molecule has 1 aromatic carbocycles. The molecule has 1 aromatic rings. The number of nitrogen functional groups attached to an aromatic ring is 1. The first-order valence-electron chi connectivity index (χ1n) is 5.36. The molecule has 0 aliphatic heterocycles. The van der Waals surface area contributed by atoms with Crippen LogP contribution in [0.1, 0.15) is 24.8 Å². The standard InChI is InChI=1S/C12H14FNO2/c1-7-9(14)5-6-10(11(7)13)16-12(15)8-3-2-4-8/h5-6,8H,2-4,14H2,1H3. The van der Waals surface area contributed by atoms with Crippen LogP contribution in [0.15, 0.2) is 12.1 Å². The first kappa shape index (κ1) is 10.9. The predicted octanol–water partition coefficient (Wildman–Crippen LogP) is 2.42. The molecule has 0 radical (unpaired) electrons. The van der Waals surface area contributed by atoms with Crippen molar-refractivity contribution in [1.82, 2.24) is 0 Å². The van der Waals surface area contributed by atoms with Crippen LogP contribution >= 0.6 is 0 Å². The first-order valence-corrected chi connectivity index (χ1v) is 5.36. The van der Waals surface area contributed by atoms with Crippen LogP contribution in [0.25, 0.3) is 0 Å². The maximum atomic E-state index is 13.7. The summed E-state index contributed by atoms with van der Waals surface area (Å²) in [5.74, 6) is -0.970. The van der Waals surface area contributed by atoms with Crippen molar-refractivity contribution < 1.29 is 13.9 Å². The molecule has 0 saturated heterocycles. The van der Waals surface area contributed by atoms with Gasteiger partial charge in [0.2, 0.25) is 0 Å². The topological polar surface area (TPSA) is 52.3 Å². The summed E-state index contributed by atoms with van der Waals surface area (Å²) in [6.07, 6.45) is 2.73. The Morgan fingerprint density at radius 2 is 2.19 bits per heavy atom. The largest absolute Gasteiger partial charge is 0.423 e. The molecule has 0 heterocycles. The van der Waals surface area contributed by atoms with E-state index in [0.29, 0.717) is 11.3 Å². The smallest absolute Gasteiger partial charge is 0.314 e. The summed E-state index contributed by atoms with van der Waals surface area (Å²) in [7, 11) is 0. The number of ether oxygens (including phenoxy) is 1. The zero-order valence-electron chi connectivity index (χ0n) is 9.13. The lowest BCUT2D eigenvalue weighted by Crippen LogP contribution is -2.26. The maximum absolute atomic E-state index is 13.7. The van der Waals surface area contributed by atoms with Crippen LogP contribution in [-0.4, -0.2) is 5.97 Å². The van der Waals surface area contributed by atoms with Crippen molar-refractivity contribution in [3.8, 4) is 5.75 Å². The second kappa shape index (κ2) is 4.12. The fraction of sp³-hybridized carbons (Fsp3) is 0.417. The van der Waals surface area contributed by atoms with E-state index in [4.69, 9.17) is 10.5 Å². The van der Waals surface area contributed by atoms with Gasteiger partial charge in [0.25, 0.3) is 0 Å². The Morgan fingerprint density at radius 3 is 2.75 bits per heavy atom. The van der Waals surface area contributed by atoms with Gasteiger partial charge in [-0.1, -0.05) is 6.42 Å². The van der Waals surface area contributed by atoms with Crippen molar-refractivity contribution in [2.75, 3.05) is 5.73 Å². The van der Waals surface area contributed by atoms with Gasteiger partial charge in [-0.25, -0.2) is 4.39 Å². The van der Waals surface area contributed by atoms with Gasteiger partial charge >= 0.3 is 5.97 Å². The number of carbonyl (C=O) groups is 1. The Morgan fingerprint density at radius 1 is 1.50 bits per heavy atom. The quantitative estimate of drug-likeness (QED) is 0.476. The van der Waals surface area contributed by atoms with E-state index < -0.39 is 5.82 Å². The molecule has 1 aliphatic rings. The molecule has 1 saturated carbocycles. The third-order valence-corrected chi connectivity index (χ3v) is 3.04. The number of halogens is 1. The summed E-state index contributed by atoms with van der Waals surface area (Å²) in [6, 6.07) is 2.94. The summed E-state index contributed by atoms with van der Waals surface area (Å²) < 4.78 is 18.7.